The molecular weight excluding hydrogens is 364 g/mol. The van der Waals surface area contributed by atoms with Crippen LogP contribution in [-0.4, -0.2) is 36.1 Å². The third kappa shape index (κ3) is 6.60. The molecule has 0 spiro atoms. The number of nitrogens with zero attached hydrogens (tertiary/aromatic N) is 2. The van der Waals surface area contributed by atoms with Crippen molar-refractivity contribution in [1.29, 1.82) is 0 Å². The van der Waals surface area contributed by atoms with Crippen LogP contribution in [0.3, 0.4) is 0 Å². The van der Waals surface area contributed by atoms with Gasteiger partial charge in [0, 0.05) is 19.3 Å². The monoisotopic (exact) mass is 390 g/mol. The van der Waals surface area contributed by atoms with Gasteiger partial charge in [-0.3, -0.25) is 4.79 Å². The van der Waals surface area contributed by atoms with E-state index in [2.05, 4.69) is 32.7 Å². The van der Waals surface area contributed by atoms with E-state index in [4.69, 9.17) is 4.74 Å². The van der Waals surface area contributed by atoms with E-state index in [9.17, 15) is 4.79 Å². The van der Waals surface area contributed by atoms with Gasteiger partial charge < -0.3 is 15.4 Å². The molecule has 0 saturated heterocycles. The number of carbonyl (C=O) groups excluding carboxylic acids is 1. The van der Waals surface area contributed by atoms with E-state index < -0.39 is 0 Å². The first-order valence-electron chi connectivity index (χ1n) is 9.76. The molecule has 0 bridgehead atoms. The average Bonchev–Trinajstić information content (AvgIpc) is 2.78. The molecule has 0 radical (unpaired) electrons. The maximum Gasteiger partial charge on any atom is 0.270 e. The van der Waals surface area contributed by atoms with Gasteiger partial charge in [-0.1, -0.05) is 42.5 Å². The molecule has 2 N–H and O–H groups in total. The Balaban J connectivity index is 1.42. The molecule has 1 aromatic heterocycles. The van der Waals surface area contributed by atoms with Crippen molar-refractivity contribution < 1.29 is 9.53 Å². The fourth-order valence-corrected chi connectivity index (χ4v) is 2.91. The topological polar surface area (TPSA) is 76.1 Å². The summed E-state index contributed by atoms with van der Waals surface area (Å²) in [6, 6.07) is 19.8. The first kappa shape index (κ1) is 20.3. The fraction of sp³-hybridized carbons (Fsp3) is 0.261. The molecule has 1 heterocycles. The maximum absolute atomic E-state index is 12.3. The van der Waals surface area contributed by atoms with Crippen LogP contribution in [0.25, 0.3) is 0 Å². The Morgan fingerprint density at radius 3 is 2.45 bits per heavy atom. The number of methoxy groups -OCH3 is 1. The van der Waals surface area contributed by atoms with E-state index in [1.54, 1.807) is 19.4 Å². The molecule has 150 valence electrons. The first-order valence-corrected chi connectivity index (χ1v) is 9.76. The summed E-state index contributed by atoms with van der Waals surface area (Å²) in [7, 11) is 1.65. The fourth-order valence-electron chi connectivity index (χ4n) is 2.91. The van der Waals surface area contributed by atoms with Crippen LogP contribution >= 0.6 is 0 Å². The van der Waals surface area contributed by atoms with Crippen LogP contribution in [0.4, 0.5) is 5.95 Å². The first-order chi connectivity index (χ1) is 14.2. The minimum atomic E-state index is -0.182. The van der Waals surface area contributed by atoms with Crippen molar-refractivity contribution in [3.05, 3.63) is 83.7 Å². The van der Waals surface area contributed by atoms with Crippen LogP contribution in [0.5, 0.6) is 5.75 Å². The van der Waals surface area contributed by atoms with Crippen molar-refractivity contribution in [2.24, 2.45) is 0 Å². The molecular formula is C23H26N4O2. The highest BCUT2D eigenvalue weighted by Crippen LogP contribution is 2.12. The summed E-state index contributed by atoms with van der Waals surface area (Å²) in [5.74, 6) is 1.11. The lowest BCUT2D eigenvalue weighted by Crippen LogP contribution is -2.26. The van der Waals surface area contributed by atoms with Crippen molar-refractivity contribution in [3.8, 4) is 5.75 Å². The average molecular weight is 390 g/mol. The summed E-state index contributed by atoms with van der Waals surface area (Å²) in [4.78, 5) is 20.8. The van der Waals surface area contributed by atoms with E-state index in [0.29, 0.717) is 24.7 Å². The van der Waals surface area contributed by atoms with Crippen molar-refractivity contribution >= 4 is 11.9 Å². The summed E-state index contributed by atoms with van der Waals surface area (Å²) in [5.41, 5.74) is 2.82. The van der Waals surface area contributed by atoms with E-state index in [1.807, 2.05) is 42.5 Å². The van der Waals surface area contributed by atoms with Crippen LogP contribution in [-0.2, 0) is 12.8 Å². The molecule has 3 rings (SSSR count). The second-order valence-electron chi connectivity index (χ2n) is 6.64. The number of hydrogen-bond acceptors (Lipinski definition) is 5. The Bertz CT molecular complexity index is 898. The van der Waals surface area contributed by atoms with Gasteiger partial charge in [-0.2, -0.15) is 0 Å². The Morgan fingerprint density at radius 1 is 0.931 bits per heavy atom. The number of hydrogen-bond donors (Lipinski definition) is 2. The van der Waals surface area contributed by atoms with E-state index in [-0.39, 0.29) is 5.91 Å². The molecule has 6 heteroatoms. The van der Waals surface area contributed by atoms with Crippen LogP contribution in [0, 0.1) is 0 Å². The lowest BCUT2D eigenvalue weighted by atomic mass is 10.1. The number of aryl methyl sites for hydroxylation is 1. The zero-order valence-electron chi connectivity index (χ0n) is 16.6. The summed E-state index contributed by atoms with van der Waals surface area (Å²) in [6.45, 7) is 1.28. The molecule has 0 aliphatic heterocycles. The SMILES string of the molecule is COc1ccc(CCNc2nccc(C(=O)NCCCc3ccccc3)n2)cc1. The summed E-state index contributed by atoms with van der Waals surface area (Å²) in [5, 5.41) is 6.09. The number of anilines is 1. The maximum atomic E-state index is 12.3. The predicted molar refractivity (Wildman–Crippen MR) is 114 cm³/mol. The second-order valence-corrected chi connectivity index (χ2v) is 6.64. The molecule has 0 fully saturated rings. The van der Waals surface area contributed by atoms with Crippen LogP contribution in [0.1, 0.15) is 28.0 Å². The Labute approximate surface area is 171 Å². The predicted octanol–water partition coefficient (Wildman–Crippen LogP) is 3.50. The number of amides is 1. The van der Waals surface area contributed by atoms with Gasteiger partial charge in [-0.15, -0.1) is 0 Å². The van der Waals surface area contributed by atoms with Crippen LogP contribution in [0.15, 0.2) is 66.9 Å². The Morgan fingerprint density at radius 2 is 1.69 bits per heavy atom. The highest BCUT2D eigenvalue weighted by molar-refractivity contribution is 5.92. The largest absolute Gasteiger partial charge is 0.497 e. The quantitative estimate of drug-likeness (QED) is 0.518. The summed E-state index contributed by atoms with van der Waals surface area (Å²) in [6.07, 6.45) is 4.24. The third-order valence-corrected chi connectivity index (χ3v) is 4.51. The molecule has 1 amide bonds. The zero-order valence-corrected chi connectivity index (χ0v) is 16.6. The van der Waals surface area contributed by atoms with Gasteiger partial charge in [0.1, 0.15) is 11.4 Å². The number of benzene rings is 2. The number of rotatable bonds is 10. The minimum Gasteiger partial charge on any atom is -0.497 e. The van der Waals surface area contributed by atoms with Gasteiger partial charge in [0.05, 0.1) is 7.11 Å². The third-order valence-electron chi connectivity index (χ3n) is 4.51. The smallest absolute Gasteiger partial charge is 0.270 e. The summed E-state index contributed by atoms with van der Waals surface area (Å²) >= 11 is 0. The van der Waals surface area contributed by atoms with Crippen LogP contribution < -0.4 is 15.4 Å². The number of nitrogens with one attached hydrogen (secondary N) is 2. The standard InChI is InChI=1S/C23H26N4O2/c1-29-20-11-9-19(10-12-20)13-16-25-23-26-17-14-21(27-23)22(28)24-15-5-8-18-6-3-2-4-7-18/h2-4,6-7,9-12,14,17H,5,8,13,15-16H2,1H3,(H,24,28)(H,25,26,27). The normalized spacial score (nSPS) is 10.4. The number of aromatic nitrogens is 2. The second kappa shape index (κ2) is 10.8. The van der Waals surface area contributed by atoms with Gasteiger partial charge in [0.15, 0.2) is 0 Å². The van der Waals surface area contributed by atoms with Crippen molar-refractivity contribution in [2.75, 3.05) is 25.5 Å². The minimum absolute atomic E-state index is 0.182. The van der Waals surface area contributed by atoms with Gasteiger partial charge in [-0.25, -0.2) is 9.97 Å². The van der Waals surface area contributed by atoms with E-state index in [1.165, 1.54) is 11.1 Å². The van der Waals surface area contributed by atoms with Gasteiger partial charge in [0.25, 0.3) is 5.91 Å². The zero-order chi connectivity index (χ0) is 20.3. The van der Waals surface area contributed by atoms with E-state index in [0.717, 1.165) is 25.0 Å². The molecule has 3 aromatic rings. The Kier molecular flexibility index (Phi) is 7.57. The molecule has 0 aliphatic carbocycles. The molecule has 29 heavy (non-hydrogen) atoms. The lowest BCUT2D eigenvalue weighted by molar-refractivity contribution is 0.0948. The highest BCUT2D eigenvalue weighted by Gasteiger charge is 2.08. The molecule has 0 aliphatic rings. The van der Waals surface area contributed by atoms with Crippen molar-refractivity contribution in [3.63, 3.8) is 0 Å². The Hall–Kier alpha value is -3.41. The summed E-state index contributed by atoms with van der Waals surface area (Å²) < 4.78 is 5.16. The van der Waals surface area contributed by atoms with Crippen molar-refractivity contribution in [2.45, 2.75) is 19.3 Å². The highest BCUT2D eigenvalue weighted by atomic mass is 16.5. The van der Waals surface area contributed by atoms with E-state index >= 15 is 0 Å². The number of carbonyl (C=O) groups is 1. The number of ether oxygens (including phenoxy) is 1. The molecule has 2 aromatic carbocycles. The molecule has 6 nitrogen and oxygen atoms in total. The molecule has 0 atom stereocenters. The van der Waals surface area contributed by atoms with Crippen molar-refractivity contribution in [1.82, 2.24) is 15.3 Å². The van der Waals surface area contributed by atoms with Gasteiger partial charge in [0.2, 0.25) is 5.95 Å². The van der Waals surface area contributed by atoms with Crippen LogP contribution in [0.2, 0.25) is 0 Å². The lowest BCUT2D eigenvalue weighted by Gasteiger charge is -2.08. The van der Waals surface area contributed by atoms with Gasteiger partial charge in [-0.05, 0) is 48.6 Å². The molecule has 0 saturated carbocycles. The molecule has 0 unspecified atom stereocenters. The van der Waals surface area contributed by atoms with Gasteiger partial charge >= 0.3 is 0 Å².